The Hall–Kier alpha value is -3.78. The Morgan fingerprint density at radius 3 is 2.45 bits per heavy atom. The van der Waals surface area contributed by atoms with Gasteiger partial charge in [-0.25, -0.2) is 9.97 Å². The number of non-ortho nitro benzene ring substituents is 1. The SMILES string of the molecule is Cc1oc(-c2ccc(-n3ccnc3)cc2)nc1CN1CCC(c2ccc([N+](=O)[O-])cc2)CC1. The Kier molecular flexibility index (Phi) is 5.75. The molecule has 1 saturated heterocycles. The molecule has 1 aliphatic heterocycles. The maximum atomic E-state index is 10.9. The van der Waals surface area contributed by atoms with Crippen molar-refractivity contribution in [1.82, 2.24) is 19.4 Å². The fourth-order valence-corrected chi connectivity index (χ4v) is 4.39. The van der Waals surface area contributed by atoms with Gasteiger partial charge in [-0.1, -0.05) is 12.1 Å². The van der Waals surface area contributed by atoms with Crippen LogP contribution in [0.4, 0.5) is 5.69 Å². The summed E-state index contributed by atoms with van der Waals surface area (Å²) in [6, 6.07) is 15.1. The second kappa shape index (κ2) is 8.99. The van der Waals surface area contributed by atoms with Crippen LogP contribution in [0.3, 0.4) is 0 Å². The minimum Gasteiger partial charge on any atom is -0.441 e. The molecule has 8 heteroatoms. The molecule has 0 radical (unpaired) electrons. The van der Waals surface area contributed by atoms with Gasteiger partial charge in [0.05, 0.1) is 16.9 Å². The van der Waals surface area contributed by atoms with Crippen LogP contribution in [-0.2, 0) is 6.54 Å². The fraction of sp³-hybridized carbons (Fsp3) is 0.280. The highest BCUT2D eigenvalue weighted by atomic mass is 16.6. The average molecular weight is 444 g/mol. The number of imidazole rings is 1. The van der Waals surface area contributed by atoms with E-state index in [1.165, 1.54) is 5.56 Å². The largest absolute Gasteiger partial charge is 0.441 e. The van der Waals surface area contributed by atoms with Gasteiger partial charge in [0, 0.05) is 42.3 Å². The molecule has 0 spiro atoms. The van der Waals surface area contributed by atoms with Crippen LogP contribution in [0.15, 0.2) is 71.7 Å². The van der Waals surface area contributed by atoms with E-state index in [-0.39, 0.29) is 10.6 Å². The zero-order chi connectivity index (χ0) is 22.8. The molecule has 0 amide bonds. The van der Waals surface area contributed by atoms with E-state index < -0.39 is 0 Å². The molecule has 4 aromatic rings. The normalized spacial score (nSPS) is 15.1. The van der Waals surface area contributed by atoms with Gasteiger partial charge >= 0.3 is 0 Å². The monoisotopic (exact) mass is 443 g/mol. The molecule has 33 heavy (non-hydrogen) atoms. The Balaban J connectivity index is 1.21. The topological polar surface area (TPSA) is 90.2 Å². The van der Waals surface area contributed by atoms with E-state index in [2.05, 4.69) is 9.88 Å². The van der Waals surface area contributed by atoms with Crippen molar-refractivity contribution >= 4 is 5.69 Å². The minimum atomic E-state index is -0.352. The summed E-state index contributed by atoms with van der Waals surface area (Å²) >= 11 is 0. The smallest absolute Gasteiger partial charge is 0.269 e. The van der Waals surface area contributed by atoms with E-state index in [1.807, 2.05) is 54.1 Å². The first kappa shape index (κ1) is 21.1. The van der Waals surface area contributed by atoms with Gasteiger partial charge in [-0.15, -0.1) is 0 Å². The lowest BCUT2D eigenvalue weighted by Gasteiger charge is -2.31. The maximum Gasteiger partial charge on any atom is 0.269 e. The van der Waals surface area contributed by atoms with Crippen LogP contribution in [0.5, 0.6) is 0 Å². The zero-order valence-electron chi connectivity index (χ0n) is 18.4. The third kappa shape index (κ3) is 4.56. The molecular formula is C25H25N5O3. The van der Waals surface area contributed by atoms with Crippen LogP contribution in [0.25, 0.3) is 17.1 Å². The van der Waals surface area contributed by atoms with Crippen molar-refractivity contribution in [2.24, 2.45) is 0 Å². The molecule has 1 fully saturated rings. The fourth-order valence-electron chi connectivity index (χ4n) is 4.39. The number of hydrogen-bond acceptors (Lipinski definition) is 6. The molecular weight excluding hydrogens is 418 g/mol. The number of piperidine rings is 1. The van der Waals surface area contributed by atoms with Crippen molar-refractivity contribution < 1.29 is 9.34 Å². The van der Waals surface area contributed by atoms with Gasteiger partial charge in [0.2, 0.25) is 5.89 Å². The molecule has 0 N–H and O–H groups in total. The minimum absolute atomic E-state index is 0.143. The number of aromatic nitrogens is 3. The third-order valence-electron chi connectivity index (χ3n) is 6.35. The van der Waals surface area contributed by atoms with Crippen molar-refractivity contribution in [3.63, 3.8) is 0 Å². The van der Waals surface area contributed by atoms with Crippen molar-refractivity contribution in [3.8, 4) is 17.1 Å². The first-order valence-corrected chi connectivity index (χ1v) is 11.1. The van der Waals surface area contributed by atoms with E-state index in [0.717, 1.165) is 55.2 Å². The van der Waals surface area contributed by atoms with Crippen LogP contribution in [0, 0.1) is 17.0 Å². The second-order valence-corrected chi connectivity index (χ2v) is 8.44. The summed E-state index contributed by atoms with van der Waals surface area (Å²) in [6.45, 7) is 4.65. The number of benzene rings is 2. The molecule has 0 atom stereocenters. The molecule has 5 rings (SSSR count). The molecule has 0 unspecified atom stereocenters. The highest BCUT2D eigenvalue weighted by Gasteiger charge is 2.23. The summed E-state index contributed by atoms with van der Waals surface area (Å²) in [7, 11) is 0. The number of hydrogen-bond donors (Lipinski definition) is 0. The summed E-state index contributed by atoms with van der Waals surface area (Å²) in [6.07, 6.45) is 7.49. The number of aryl methyl sites for hydroxylation is 1. The quantitative estimate of drug-likeness (QED) is 0.303. The average Bonchev–Trinajstić information content (AvgIpc) is 3.50. The van der Waals surface area contributed by atoms with Gasteiger partial charge < -0.3 is 8.98 Å². The predicted molar refractivity (Wildman–Crippen MR) is 124 cm³/mol. The first-order chi connectivity index (χ1) is 16.1. The number of rotatable bonds is 6. The van der Waals surface area contributed by atoms with Gasteiger partial charge in [0.15, 0.2) is 0 Å². The Bertz CT molecular complexity index is 1220. The van der Waals surface area contributed by atoms with Crippen LogP contribution >= 0.6 is 0 Å². The van der Waals surface area contributed by atoms with Gasteiger partial charge in [-0.05, 0) is 68.6 Å². The molecule has 3 heterocycles. The number of nitrogens with zero attached hydrogens (tertiary/aromatic N) is 5. The standard InChI is InChI=1S/C25H25N5O3/c1-18-24(27-25(33-18)21-4-6-22(7-5-21)29-15-12-26-17-29)16-28-13-10-20(11-14-28)19-2-8-23(9-3-19)30(31)32/h2-9,12,15,17,20H,10-11,13-14,16H2,1H3. The zero-order valence-corrected chi connectivity index (χ0v) is 18.4. The molecule has 168 valence electrons. The molecule has 2 aromatic carbocycles. The number of likely N-dealkylation sites (tertiary alicyclic amines) is 1. The molecule has 1 aliphatic rings. The molecule has 8 nitrogen and oxygen atoms in total. The summed E-state index contributed by atoms with van der Waals surface area (Å²) in [5.74, 6) is 1.92. The van der Waals surface area contributed by atoms with E-state index in [4.69, 9.17) is 9.40 Å². The predicted octanol–water partition coefficient (Wildman–Crippen LogP) is 5.12. The van der Waals surface area contributed by atoms with Crippen molar-refractivity contribution in [2.45, 2.75) is 32.2 Å². The Labute approximate surface area is 191 Å². The Morgan fingerprint density at radius 1 is 1.09 bits per heavy atom. The summed E-state index contributed by atoms with van der Waals surface area (Å²) in [4.78, 5) is 21.8. The first-order valence-electron chi connectivity index (χ1n) is 11.1. The van der Waals surface area contributed by atoms with E-state index in [0.29, 0.717) is 11.8 Å². The van der Waals surface area contributed by atoms with E-state index >= 15 is 0 Å². The molecule has 0 saturated carbocycles. The highest BCUT2D eigenvalue weighted by Crippen LogP contribution is 2.30. The highest BCUT2D eigenvalue weighted by molar-refractivity contribution is 5.56. The third-order valence-corrected chi connectivity index (χ3v) is 6.35. The van der Waals surface area contributed by atoms with Crippen LogP contribution in [0.2, 0.25) is 0 Å². The number of nitro benzene ring substituents is 1. The lowest BCUT2D eigenvalue weighted by Crippen LogP contribution is -2.32. The maximum absolute atomic E-state index is 10.9. The van der Waals surface area contributed by atoms with Crippen molar-refractivity contribution in [1.29, 1.82) is 0 Å². The van der Waals surface area contributed by atoms with Crippen molar-refractivity contribution in [3.05, 3.63) is 94.4 Å². The lowest BCUT2D eigenvalue weighted by atomic mass is 9.89. The van der Waals surface area contributed by atoms with Gasteiger partial charge in [0.25, 0.3) is 5.69 Å². The lowest BCUT2D eigenvalue weighted by molar-refractivity contribution is -0.384. The van der Waals surface area contributed by atoms with E-state index in [9.17, 15) is 10.1 Å². The van der Waals surface area contributed by atoms with Crippen LogP contribution in [0.1, 0.15) is 35.8 Å². The number of nitro groups is 1. The molecule has 0 aliphatic carbocycles. The van der Waals surface area contributed by atoms with E-state index in [1.54, 1.807) is 24.7 Å². The molecule has 0 bridgehead atoms. The van der Waals surface area contributed by atoms with Crippen molar-refractivity contribution in [2.75, 3.05) is 13.1 Å². The summed E-state index contributed by atoms with van der Waals surface area (Å²) in [5, 5.41) is 10.9. The van der Waals surface area contributed by atoms with Gasteiger partial charge in [0.1, 0.15) is 5.76 Å². The second-order valence-electron chi connectivity index (χ2n) is 8.44. The number of oxazole rings is 1. The summed E-state index contributed by atoms with van der Waals surface area (Å²) < 4.78 is 7.94. The van der Waals surface area contributed by atoms with Crippen LogP contribution < -0.4 is 0 Å². The van der Waals surface area contributed by atoms with Gasteiger partial charge in [-0.3, -0.25) is 15.0 Å². The summed E-state index contributed by atoms with van der Waals surface area (Å²) in [5.41, 5.74) is 4.28. The Morgan fingerprint density at radius 2 is 1.82 bits per heavy atom. The van der Waals surface area contributed by atoms with Crippen LogP contribution in [-0.4, -0.2) is 37.4 Å². The van der Waals surface area contributed by atoms with Gasteiger partial charge in [-0.2, -0.15) is 0 Å². The molecule has 2 aromatic heterocycles.